The maximum Gasteiger partial charge on any atom is 0.174 e. The first-order chi connectivity index (χ1) is 8.99. The van der Waals surface area contributed by atoms with Crippen molar-refractivity contribution in [2.75, 3.05) is 5.75 Å². The van der Waals surface area contributed by atoms with Crippen LogP contribution in [0.1, 0.15) is 27.3 Å². The molecule has 2 rings (SSSR count). The molecule has 0 amide bonds. The molecule has 0 saturated heterocycles. The molecule has 0 bridgehead atoms. The average Bonchev–Trinajstić information content (AvgIpc) is 2.65. The quantitative estimate of drug-likeness (QED) is 0.622. The standard InChI is InChI=1S/C16H19NOS/c1-11-5-7-14(8-6-11)19-10-16(18)15-9-12(2)17(4)13(15)3/h5-9H,10H2,1-4H3. The fourth-order valence-corrected chi connectivity index (χ4v) is 2.78. The number of thioether (sulfide) groups is 1. The highest BCUT2D eigenvalue weighted by Crippen LogP contribution is 2.21. The molecular formula is C16H19NOS. The number of ketones is 1. The SMILES string of the molecule is Cc1ccc(SCC(=O)c2cc(C)n(C)c2C)cc1. The fraction of sp³-hybridized carbons (Fsp3) is 0.312. The van der Waals surface area contributed by atoms with E-state index in [9.17, 15) is 4.79 Å². The predicted octanol–water partition coefficient (Wildman–Crippen LogP) is 3.93. The van der Waals surface area contributed by atoms with Crippen molar-refractivity contribution in [1.82, 2.24) is 4.57 Å². The molecule has 0 fully saturated rings. The third-order valence-electron chi connectivity index (χ3n) is 3.47. The highest BCUT2D eigenvalue weighted by Gasteiger charge is 2.14. The number of hydrogen-bond donors (Lipinski definition) is 0. The number of aryl methyl sites for hydroxylation is 2. The van der Waals surface area contributed by atoms with E-state index in [1.807, 2.05) is 27.0 Å². The molecule has 0 aliphatic heterocycles. The van der Waals surface area contributed by atoms with E-state index >= 15 is 0 Å². The summed E-state index contributed by atoms with van der Waals surface area (Å²) in [5.41, 5.74) is 4.26. The van der Waals surface area contributed by atoms with Crippen molar-refractivity contribution < 1.29 is 4.79 Å². The van der Waals surface area contributed by atoms with Crippen LogP contribution >= 0.6 is 11.8 Å². The van der Waals surface area contributed by atoms with Gasteiger partial charge in [0.1, 0.15) is 0 Å². The smallest absolute Gasteiger partial charge is 0.174 e. The van der Waals surface area contributed by atoms with Gasteiger partial charge in [0.25, 0.3) is 0 Å². The molecule has 19 heavy (non-hydrogen) atoms. The molecule has 1 aromatic carbocycles. The summed E-state index contributed by atoms with van der Waals surface area (Å²) in [6.07, 6.45) is 0. The second kappa shape index (κ2) is 5.66. The lowest BCUT2D eigenvalue weighted by Gasteiger charge is -2.03. The number of hydrogen-bond acceptors (Lipinski definition) is 2. The summed E-state index contributed by atoms with van der Waals surface area (Å²) in [6.45, 7) is 6.09. The van der Waals surface area contributed by atoms with Crippen LogP contribution in [0, 0.1) is 20.8 Å². The molecule has 100 valence electrons. The van der Waals surface area contributed by atoms with Crippen molar-refractivity contribution in [3.05, 3.63) is 52.8 Å². The van der Waals surface area contributed by atoms with E-state index in [0.29, 0.717) is 5.75 Å². The molecule has 2 aromatic rings. The van der Waals surface area contributed by atoms with Gasteiger partial charge >= 0.3 is 0 Å². The lowest BCUT2D eigenvalue weighted by molar-refractivity contribution is 0.102. The molecule has 1 heterocycles. The monoisotopic (exact) mass is 273 g/mol. The molecule has 0 aliphatic rings. The molecule has 0 saturated carbocycles. The Balaban J connectivity index is 2.05. The maximum atomic E-state index is 12.2. The fourth-order valence-electron chi connectivity index (χ4n) is 2.00. The molecule has 1 aromatic heterocycles. The van der Waals surface area contributed by atoms with Crippen molar-refractivity contribution in [3.63, 3.8) is 0 Å². The van der Waals surface area contributed by atoms with Crippen LogP contribution in [0.2, 0.25) is 0 Å². The minimum absolute atomic E-state index is 0.201. The van der Waals surface area contributed by atoms with Crippen LogP contribution in [0.3, 0.4) is 0 Å². The van der Waals surface area contributed by atoms with Crippen LogP contribution < -0.4 is 0 Å². The summed E-state index contributed by atoms with van der Waals surface area (Å²) in [5, 5.41) is 0. The largest absolute Gasteiger partial charge is 0.351 e. The van der Waals surface area contributed by atoms with Crippen LogP contribution in [0.5, 0.6) is 0 Å². The van der Waals surface area contributed by atoms with E-state index in [1.54, 1.807) is 11.8 Å². The van der Waals surface area contributed by atoms with Crippen molar-refractivity contribution in [2.45, 2.75) is 25.7 Å². The van der Waals surface area contributed by atoms with Crippen molar-refractivity contribution in [1.29, 1.82) is 0 Å². The number of aromatic nitrogens is 1. The van der Waals surface area contributed by atoms with Crippen LogP contribution in [0.25, 0.3) is 0 Å². The summed E-state index contributed by atoms with van der Waals surface area (Å²) in [5.74, 6) is 0.694. The van der Waals surface area contributed by atoms with Gasteiger partial charge in [-0.25, -0.2) is 0 Å². The van der Waals surface area contributed by atoms with E-state index in [2.05, 4.69) is 35.8 Å². The number of benzene rings is 1. The average molecular weight is 273 g/mol. The van der Waals surface area contributed by atoms with E-state index in [4.69, 9.17) is 0 Å². The van der Waals surface area contributed by atoms with Crippen LogP contribution in [-0.4, -0.2) is 16.1 Å². The minimum atomic E-state index is 0.201. The van der Waals surface area contributed by atoms with E-state index < -0.39 is 0 Å². The van der Waals surface area contributed by atoms with Gasteiger partial charge in [-0.1, -0.05) is 17.7 Å². The first kappa shape index (κ1) is 13.9. The third-order valence-corrected chi connectivity index (χ3v) is 4.48. The lowest BCUT2D eigenvalue weighted by Crippen LogP contribution is -2.04. The summed E-state index contributed by atoms with van der Waals surface area (Å²) in [6, 6.07) is 10.3. The molecule has 0 atom stereocenters. The highest BCUT2D eigenvalue weighted by atomic mass is 32.2. The van der Waals surface area contributed by atoms with Gasteiger partial charge in [0, 0.05) is 28.9 Å². The second-order valence-corrected chi connectivity index (χ2v) is 5.92. The Morgan fingerprint density at radius 2 is 1.79 bits per heavy atom. The van der Waals surface area contributed by atoms with Gasteiger partial charge in [0.2, 0.25) is 0 Å². The van der Waals surface area contributed by atoms with Crippen molar-refractivity contribution >= 4 is 17.5 Å². The van der Waals surface area contributed by atoms with Gasteiger partial charge in [-0.3, -0.25) is 4.79 Å². The zero-order valence-electron chi connectivity index (χ0n) is 11.9. The number of nitrogens with zero attached hydrogens (tertiary/aromatic N) is 1. The summed E-state index contributed by atoms with van der Waals surface area (Å²) >= 11 is 1.60. The van der Waals surface area contributed by atoms with Gasteiger partial charge in [-0.15, -0.1) is 11.8 Å². The Bertz CT molecular complexity index is 596. The maximum absolute atomic E-state index is 12.2. The molecule has 2 nitrogen and oxygen atoms in total. The van der Waals surface area contributed by atoms with Crippen molar-refractivity contribution in [3.8, 4) is 0 Å². The summed E-state index contributed by atoms with van der Waals surface area (Å²) in [4.78, 5) is 13.4. The highest BCUT2D eigenvalue weighted by molar-refractivity contribution is 8.00. The second-order valence-electron chi connectivity index (χ2n) is 4.87. The first-order valence-corrected chi connectivity index (χ1v) is 7.33. The molecule has 3 heteroatoms. The minimum Gasteiger partial charge on any atom is -0.351 e. The Labute approximate surface area is 118 Å². The molecule has 0 radical (unpaired) electrons. The Hall–Kier alpha value is -1.48. The van der Waals surface area contributed by atoms with Crippen molar-refractivity contribution in [2.24, 2.45) is 7.05 Å². The Kier molecular flexibility index (Phi) is 4.15. The number of Topliss-reactive ketones (excluding diaryl/α,β-unsaturated/α-hetero) is 1. The normalized spacial score (nSPS) is 10.7. The topological polar surface area (TPSA) is 22.0 Å². The van der Waals surface area contributed by atoms with E-state index in [0.717, 1.165) is 21.8 Å². The van der Waals surface area contributed by atoms with E-state index in [-0.39, 0.29) is 5.78 Å². The molecular weight excluding hydrogens is 254 g/mol. The molecule has 0 unspecified atom stereocenters. The number of carbonyl (C=O) groups is 1. The van der Waals surface area contributed by atoms with Gasteiger partial charge in [0.05, 0.1) is 5.75 Å². The first-order valence-electron chi connectivity index (χ1n) is 6.34. The zero-order valence-corrected chi connectivity index (χ0v) is 12.7. The van der Waals surface area contributed by atoms with Crippen LogP contribution in [0.4, 0.5) is 0 Å². The molecule has 0 spiro atoms. The van der Waals surface area contributed by atoms with E-state index in [1.165, 1.54) is 5.56 Å². The predicted molar refractivity (Wildman–Crippen MR) is 81.1 cm³/mol. The Morgan fingerprint density at radius 1 is 1.16 bits per heavy atom. The molecule has 0 aliphatic carbocycles. The number of carbonyl (C=O) groups excluding carboxylic acids is 1. The summed E-state index contributed by atoms with van der Waals surface area (Å²) in [7, 11) is 1.99. The van der Waals surface area contributed by atoms with Gasteiger partial charge in [-0.2, -0.15) is 0 Å². The number of rotatable bonds is 4. The van der Waals surface area contributed by atoms with Gasteiger partial charge < -0.3 is 4.57 Å². The van der Waals surface area contributed by atoms with Crippen LogP contribution in [-0.2, 0) is 7.05 Å². The van der Waals surface area contributed by atoms with Crippen LogP contribution in [0.15, 0.2) is 35.2 Å². The Morgan fingerprint density at radius 3 is 2.32 bits per heavy atom. The van der Waals surface area contributed by atoms with Gasteiger partial charge in [0.15, 0.2) is 5.78 Å². The molecule has 0 N–H and O–H groups in total. The third kappa shape index (κ3) is 3.10. The van der Waals surface area contributed by atoms with Gasteiger partial charge in [-0.05, 0) is 39.0 Å². The summed E-state index contributed by atoms with van der Waals surface area (Å²) < 4.78 is 2.06. The zero-order chi connectivity index (χ0) is 14.0. The lowest BCUT2D eigenvalue weighted by atomic mass is 10.2.